The first-order valence-electron chi connectivity index (χ1n) is 18.9. The van der Waals surface area contributed by atoms with Gasteiger partial charge in [-0.15, -0.1) is 0 Å². The summed E-state index contributed by atoms with van der Waals surface area (Å²) >= 11 is 14.3. The Morgan fingerprint density at radius 1 is 0.964 bits per heavy atom. The number of carbonyl (C=O) groups is 2. The molecule has 6 rings (SSSR count). The smallest absolute Gasteiger partial charge is 0.410 e. The molecular weight excluding hydrogens is 753 g/mol. The molecule has 2 aromatic carbocycles. The van der Waals surface area contributed by atoms with Gasteiger partial charge in [-0.25, -0.2) is 9.78 Å². The molecule has 11 nitrogen and oxygen atoms in total. The number of ether oxygens (including phenoxy) is 3. The molecule has 0 spiro atoms. The lowest BCUT2D eigenvalue weighted by Gasteiger charge is -2.41. The minimum Gasteiger partial charge on any atom is -0.496 e. The summed E-state index contributed by atoms with van der Waals surface area (Å²) < 4.78 is 17.4. The Labute approximate surface area is 339 Å². The Hall–Kier alpha value is -4.42. The molecule has 2 amide bonds. The Kier molecular flexibility index (Phi) is 12.5. The van der Waals surface area contributed by atoms with E-state index in [1.807, 2.05) is 82.3 Å². The van der Waals surface area contributed by atoms with E-state index >= 15 is 0 Å². The number of likely N-dealkylation sites (tertiary alicyclic amines) is 1. The Morgan fingerprint density at radius 2 is 1.64 bits per heavy atom. The Balaban J connectivity index is 1.25. The number of benzene rings is 2. The zero-order chi connectivity index (χ0) is 40.4. The predicted octanol–water partition coefficient (Wildman–Crippen LogP) is 8.55. The third kappa shape index (κ3) is 9.40. The van der Waals surface area contributed by atoms with Crippen molar-refractivity contribution in [1.29, 1.82) is 0 Å². The lowest BCUT2D eigenvalue weighted by Crippen LogP contribution is -2.51. The average Bonchev–Trinajstić information content (AvgIpc) is 3.15. The lowest BCUT2D eigenvalue weighted by atomic mass is 9.77. The van der Waals surface area contributed by atoms with E-state index in [-0.39, 0.29) is 24.5 Å². The first kappa shape index (κ1) is 41.2. The van der Waals surface area contributed by atoms with Crippen molar-refractivity contribution in [1.82, 2.24) is 25.1 Å². The molecule has 1 aliphatic heterocycles. The molecule has 2 fully saturated rings. The monoisotopic (exact) mass is 803 g/mol. The number of aliphatic hydroxyl groups is 1. The highest BCUT2D eigenvalue weighted by Gasteiger charge is 2.38. The maximum absolute atomic E-state index is 13.6. The number of nitrogens with one attached hydrogen (secondary N) is 1. The second kappa shape index (κ2) is 17.0. The quantitative estimate of drug-likeness (QED) is 0.153. The molecule has 1 saturated heterocycles. The van der Waals surface area contributed by atoms with Crippen molar-refractivity contribution in [3.63, 3.8) is 0 Å². The van der Waals surface area contributed by atoms with Gasteiger partial charge in [0.15, 0.2) is 0 Å². The summed E-state index contributed by atoms with van der Waals surface area (Å²) in [7, 11) is 3.19. The number of hydrogen-bond acceptors (Lipinski definition) is 9. The lowest BCUT2D eigenvalue weighted by molar-refractivity contribution is -0.130. The molecular formula is C43H51Cl2N5O6. The van der Waals surface area contributed by atoms with Crippen LogP contribution in [0.2, 0.25) is 10.0 Å². The average molecular weight is 805 g/mol. The summed E-state index contributed by atoms with van der Waals surface area (Å²) in [6.07, 6.45) is 3.99. The topological polar surface area (TPSA) is 126 Å². The van der Waals surface area contributed by atoms with E-state index < -0.39 is 17.3 Å². The fourth-order valence-electron chi connectivity index (χ4n) is 7.48. The van der Waals surface area contributed by atoms with Crippen LogP contribution in [0.5, 0.6) is 11.6 Å². The molecule has 2 N–H and O–H groups in total. The highest BCUT2D eigenvalue weighted by atomic mass is 35.5. The molecule has 56 heavy (non-hydrogen) atoms. The van der Waals surface area contributed by atoms with Crippen LogP contribution in [0.4, 0.5) is 4.79 Å². The molecule has 0 bridgehead atoms. The maximum atomic E-state index is 13.6. The molecule has 1 saturated carbocycles. The van der Waals surface area contributed by atoms with E-state index in [0.29, 0.717) is 87.8 Å². The van der Waals surface area contributed by atoms with Gasteiger partial charge in [0.2, 0.25) is 11.8 Å². The zero-order valence-corrected chi connectivity index (χ0v) is 34.6. The fourth-order valence-corrected chi connectivity index (χ4v) is 8.13. The summed E-state index contributed by atoms with van der Waals surface area (Å²) in [5, 5.41) is 14.5. The zero-order valence-electron chi connectivity index (χ0n) is 33.1. The van der Waals surface area contributed by atoms with Crippen molar-refractivity contribution in [2.75, 3.05) is 27.3 Å². The summed E-state index contributed by atoms with van der Waals surface area (Å²) in [5.41, 5.74) is 4.48. The van der Waals surface area contributed by atoms with E-state index in [9.17, 15) is 14.7 Å². The predicted molar refractivity (Wildman–Crippen MR) is 219 cm³/mol. The number of piperidine rings is 1. The maximum Gasteiger partial charge on any atom is 0.410 e. The number of amides is 2. The third-order valence-electron chi connectivity index (χ3n) is 10.4. The molecule has 298 valence electrons. The van der Waals surface area contributed by atoms with E-state index in [4.69, 9.17) is 42.4 Å². The molecule has 2 aliphatic rings. The van der Waals surface area contributed by atoms with Crippen LogP contribution in [-0.2, 0) is 22.6 Å². The molecule has 3 heterocycles. The van der Waals surface area contributed by atoms with Crippen LogP contribution in [0.15, 0.2) is 60.8 Å². The van der Waals surface area contributed by atoms with E-state index in [2.05, 4.69) is 10.3 Å². The van der Waals surface area contributed by atoms with Gasteiger partial charge in [-0.3, -0.25) is 9.78 Å². The number of nitrogens with zero attached hydrogens (tertiary/aromatic N) is 4. The SMILES string of the molecule is COc1cc(-c2nccc(-c3cccc(-c4ccc(CN(C(=O)OC(C)(C)C)C5CCN(C(C)=O)CC5)c(OC)n4)c3Cl)c2Cl)ccc1CNC1CC(C)(O)C1. The Morgan fingerprint density at radius 3 is 2.29 bits per heavy atom. The second-order valence-electron chi connectivity index (χ2n) is 15.9. The van der Waals surface area contributed by atoms with Gasteiger partial charge in [0, 0.05) is 78.2 Å². The standard InChI is InChI=1S/C43H51Cl2N5O6/c1-26(51)49-19-16-31(17-20-49)50(41(52)56-42(2,3)4)25-29-13-14-35(48-40(29)55-7)34-10-8-9-32(37(34)44)33-15-18-46-39(38(33)45)27-11-12-28(36(21-27)54-6)24-47-30-22-43(5,53)23-30/h8-15,18,21,30-31,47,53H,16-17,19-20,22-25H2,1-7H3. The van der Waals surface area contributed by atoms with Crippen LogP contribution < -0.4 is 14.8 Å². The molecule has 0 radical (unpaired) electrons. The van der Waals surface area contributed by atoms with E-state index in [1.165, 1.54) is 0 Å². The number of methoxy groups -OCH3 is 2. The molecule has 4 aromatic rings. The highest BCUT2D eigenvalue weighted by Crippen LogP contribution is 2.42. The van der Waals surface area contributed by atoms with E-state index in [1.54, 1.807) is 37.1 Å². The molecule has 0 unspecified atom stereocenters. The van der Waals surface area contributed by atoms with Gasteiger partial charge in [0.05, 0.1) is 47.8 Å². The first-order chi connectivity index (χ1) is 26.6. The van der Waals surface area contributed by atoms with Gasteiger partial charge in [0.1, 0.15) is 11.4 Å². The van der Waals surface area contributed by atoms with Gasteiger partial charge in [-0.1, -0.05) is 53.5 Å². The van der Waals surface area contributed by atoms with Crippen molar-refractivity contribution in [2.24, 2.45) is 0 Å². The summed E-state index contributed by atoms with van der Waals surface area (Å²) in [6, 6.07) is 17.3. The molecule has 13 heteroatoms. The number of carbonyl (C=O) groups excluding carboxylic acids is 2. The molecule has 2 aromatic heterocycles. The number of rotatable bonds is 11. The summed E-state index contributed by atoms with van der Waals surface area (Å²) in [4.78, 5) is 38.6. The third-order valence-corrected chi connectivity index (χ3v) is 11.2. The summed E-state index contributed by atoms with van der Waals surface area (Å²) in [5.74, 6) is 1.09. The summed E-state index contributed by atoms with van der Waals surface area (Å²) in [6.45, 7) is 10.9. The van der Waals surface area contributed by atoms with Crippen molar-refractivity contribution >= 4 is 35.2 Å². The van der Waals surface area contributed by atoms with Crippen LogP contribution in [0.1, 0.15) is 71.4 Å². The van der Waals surface area contributed by atoms with Crippen molar-refractivity contribution in [3.05, 3.63) is 82.0 Å². The van der Waals surface area contributed by atoms with Gasteiger partial charge in [-0.2, -0.15) is 0 Å². The van der Waals surface area contributed by atoms with Crippen LogP contribution in [-0.4, -0.2) is 87.5 Å². The number of hydrogen-bond donors (Lipinski definition) is 2. The molecule has 0 atom stereocenters. The second-order valence-corrected chi connectivity index (χ2v) is 16.7. The minimum absolute atomic E-state index is 0.0272. The first-order valence-corrected chi connectivity index (χ1v) is 19.7. The Bertz CT molecular complexity index is 2070. The van der Waals surface area contributed by atoms with Crippen molar-refractivity contribution in [2.45, 2.75) is 96.7 Å². The number of pyridine rings is 2. The van der Waals surface area contributed by atoms with Crippen LogP contribution in [0, 0.1) is 0 Å². The molecule has 1 aliphatic carbocycles. The van der Waals surface area contributed by atoms with Gasteiger partial charge in [-0.05, 0) is 77.6 Å². The normalized spacial score (nSPS) is 18.6. The van der Waals surface area contributed by atoms with Crippen molar-refractivity contribution < 1.29 is 28.9 Å². The van der Waals surface area contributed by atoms with Crippen LogP contribution in [0.25, 0.3) is 33.6 Å². The van der Waals surface area contributed by atoms with Crippen LogP contribution in [0.3, 0.4) is 0 Å². The number of halogens is 2. The largest absolute Gasteiger partial charge is 0.496 e. The van der Waals surface area contributed by atoms with E-state index in [0.717, 1.165) is 24.0 Å². The van der Waals surface area contributed by atoms with Gasteiger partial charge < -0.3 is 34.4 Å². The van der Waals surface area contributed by atoms with Crippen LogP contribution >= 0.6 is 23.2 Å². The van der Waals surface area contributed by atoms with Gasteiger partial charge >= 0.3 is 6.09 Å². The van der Waals surface area contributed by atoms with Crippen molar-refractivity contribution in [3.8, 4) is 45.3 Å². The minimum atomic E-state index is -0.683. The number of aromatic nitrogens is 2. The fraction of sp³-hybridized carbons (Fsp3) is 0.442. The highest BCUT2D eigenvalue weighted by molar-refractivity contribution is 6.39. The van der Waals surface area contributed by atoms with Gasteiger partial charge in [0.25, 0.3) is 0 Å².